The zero-order chi connectivity index (χ0) is 8.97. The van der Waals surface area contributed by atoms with Crippen molar-refractivity contribution in [3.63, 3.8) is 0 Å². The standard InChI is InChI=1S/C9H10N2O/c10-6-8-4-2-1-3-7(8)5-9(11)12/h1-4,9,12H,5,11H2. The van der Waals surface area contributed by atoms with Crippen molar-refractivity contribution in [1.29, 1.82) is 5.26 Å². The maximum absolute atomic E-state index is 8.89. The van der Waals surface area contributed by atoms with E-state index in [1.54, 1.807) is 18.2 Å². The van der Waals surface area contributed by atoms with Crippen LogP contribution >= 0.6 is 0 Å². The number of nitrogens with zero attached hydrogens (tertiary/aromatic N) is 1. The maximum atomic E-state index is 8.89. The minimum atomic E-state index is -0.889. The lowest BCUT2D eigenvalue weighted by Crippen LogP contribution is -2.21. The lowest BCUT2D eigenvalue weighted by Gasteiger charge is -2.05. The van der Waals surface area contributed by atoms with Crippen LogP contribution in [-0.2, 0) is 6.42 Å². The van der Waals surface area contributed by atoms with Gasteiger partial charge in [0.2, 0.25) is 0 Å². The lowest BCUT2D eigenvalue weighted by atomic mass is 10.1. The van der Waals surface area contributed by atoms with Crippen LogP contribution in [0.3, 0.4) is 0 Å². The fraction of sp³-hybridized carbons (Fsp3) is 0.222. The van der Waals surface area contributed by atoms with E-state index in [-0.39, 0.29) is 0 Å². The topological polar surface area (TPSA) is 70.0 Å². The first-order valence-electron chi connectivity index (χ1n) is 3.65. The Morgan fingerprint density at radius 2 is 2.17 bits per heavy atom. The van der Waals surface area contributed by atoms with Crippen LogP contribution in [-0.4, -0.2) is 11.3 Å². The van der Waals surface area contributed by atoms with Crippen LogP contribution in [0, 0.1) is 11.3 Å². The van der Waals surface area contributed by atoms with E-state index in [4.69, 9.17) is 16.1 Å². The zero-order valence-corrected chi connectivity index (χ0v) is 6.57. The molecular formula is C9H10N2O. The van der Waals surface area contributed by atoms with Crippen LogP contribution in [0.2, 0.25) is 0 Å². The predicted molar refractivity (Wildman–Crippen MR) is 45.1 cm³/mol. The van der Waals surface area contributed by atoms with Crippen molar-refractivity contribution in [2.24, 2.45) is 5.73 Å². The molecule has 62 valence electrons. The molecular weight excluding hydrogens is 152 g/mol. The molecule has 0 saturated carbocycles. The number of hydrogen-bond acceptors (Lipinski definition) is 3. The second kappa shape index (κ2) is 3.86. The first-order valence-corrected chi connectivity index (χ1v) is 3.65. The normalized spacial score (nSPS) is 12.1. The Morgan fingerprint density at radius 1 is 1.50 bits per heavy atom. The van der Waals surface area contributed by atoms with Crippen molar-refractivity contribution in [3.8, 4) is 6.07 Å². The van der Waals surface area contributed by atoms with Gasteiger partial charge in [0.1, 0.15) is 6.23 Å². The highest BCUT2D eigenvalue weighted by Gasteiger charge is 2.03. The first-order chi connectivity index (χ1) is 5.74. The molecule has 0 aliphatic heterocycles. The Morgan fingerprint density at radius 3 is 2.75 bits per heavy atom. The molecule has 3 N–H and O–H groups in total. The summed E-state index contributed by atoms with van der Waals surface area (Å²) in [5.74, 6) is 0. The Labute approximate surface area is 71.1 Å². The SMILES string of the molecule is N#Cc1ccccc1CC(N)O. The van der Waals surface area contributed by atoms with Gasteiger partial charge in [0.05, 0.1) is 11.6 Å². The summed E-state index contributed by atoms with van der Waals surface area (Å²) in [6, 6.07) is 9.13. The minimum absolute atomic E-state index is 0.323. The molecule has 0 radical (unpaired) electrons. The van der Waals surface area contributed by atoms with Crippen LogP contribution in [0.15, 0.2) is 24.3 Å². The number of benzene rings is 1. The van der Waals surface area contributed by atoms with Crippen LogP contribution < -0.4 is 5.73 Å². The van der Waals surface area contributed by atoms with Gasteiger partial charge in [0.25, 0.3) is 0 Å². The van der Waals surface area contributed by atoms with Gasteiger partial charge in [-0.15, -0.1) is 0 Å². The van der Waals surface area contributed by atoms with Crippen molar-refractivity contribution in [3.05, 3.63) is 35.4 Å². The quantitative estimate of drug-likeness (QED) is 0.617. The van der Waals surface area contributed by atoms with Crippen molar-refractivity contribution in [2.45, 2.75) is 12.6 Å². The number of aliphatic hydroxyl groups is 1. The Hall–Kier alpha value is -1.37. The molecule has 3 heteroatoms. The predicted octanol–water partition coefficient (Wildman–Crippen LogP) is 0.378. The van der Waals surface area contributed by atoms with E-state index in [1.165, 1.54) is 0 Å². The van der Waals surface area contributed by atoms with E-state index in [2.05, 4.69) is 0 Å². The number of aliphatic hydroxyl groups excluding tert-OH is 1. The van der Waals surface area contributed by atoms with Crippen molar-refractivity contribution in [2.75, 3.05) is 0 Å². The van der Waals surface area contributed by atoms with Crippen molar-refractivity contribution < 1.29 is 5.11 Å². The number of nitrogens with two attached hydrogens (primary N) is 1. The molecule has 0 saturated heterocycles. The summed E-state index contributed by atoms with van der Waals surface area (Å²) in [7, 11) is 0. The van der Waals surface area contributed by atoms with E-state index in [0.29, 0.717) is 12.0 Å². The third kappa shape index (κ3) is 2.06. The van der Waals surface area contributed by atoms with Gasteiger partial charge in [-0.25, -0.2) is 0 Å². The molecule has 0 aliphatic rings. The van der Waals surface area contributed by atoms with E-state index < -0.39 is 6.23 Å². The maximum Gasteiger partial charge on any atom is 0.106 e. The molecule has 1 atom stereocenters. The molecule has 0 bridgehead atoms. The van der Waals surface area contributed by atoms with E-state index in [0.717, 1.165) is 5.56 Å². The molecule has 3 nitrogen and oxygen atoms in total. The monoisotopic (exact) mass is 162 g/mol. The number of hydrogen-bond donors (Lipinski definition) is 2. The molecule has 1 aromatic rings. The molecule has 0 heterocycles. The van der Waals surface area contributed by atoms with Gasteiger partial charge >= 0.3 is 0 Å². The second-order valence-corrected chi connectivity index (χ2v) is 2.54. The van der Waals surface area contributed by atoms with Crippen LogP contribution in [0.1, 0.15) is 11.1 Å². The average molecular weight is 162 g/mol. The molecule has 1 aromatic carbocycles. The highest BCUT2D eigenvalue weighted by Crippen LogP contribution is 2.08. The molecule has 1 unspecified atom stereocenters. The van der Waals surface area contributed by atoms with Gasteiger partial charge in [-0.2, -0.15) is 5.26 Å². The molecule has 0 fully saturated rings. The molecule has 12 heavy (non-hydrogen) atoms. The highest BCUT2D eigenvalue weighted by atomic mass is 16.3. The van der Waals surface area contributed by atoms with Gasteiger partial charge < -0.3 is 10.8 Å². The third-order valence-corrected chi connectivity index (χ3v) is 1.57. The largest absolute Gasteiger partial charge is 0.378 e. The smallest absolute Gasteiger partial charge is 0.106 e. The molecule has 0 spiro atoms. The molecule has 0 amide bonds. The fourth-order valence-corrected chi connectivity index (χ4v) is 1.03. The van der Waals surface area contributed by atoms with Crippen LogP contribution in [0.25, 0.3) is 0 Å². The average Bonchev–Trinajstić information content (AvgIpc) is 2.04. The number of rotatable bonds is 2. The third-order valence-electron chi connectivity index (χ3n) is 1.57. The summed E-state index contributed by atoms with van der Waals surface area (Å²) in [6.45, 7) is 0. The van der Waals surface area contributed by atoms with Crippen LogP contribution in [0.5, 0.6) is 0 Å². The van der Waals surface area contributed by atoms with E-state index in [9.17, 15) is 0 Å². The summed E-state index contributed by atoms with van der Waals surface area (Å²) < 4.78 is 0. The van der Waals surface area contributed by atoms with Crippen LogP contribution in [0.4, 0.5) is 0 Å². The van der Waals surface area contributed by atoms with Gasteiger partial charge in [-0.3, -0.25) is 0 Å². The minimum Gasteiger partial charge on any atom is -0.378 e. The second-order valence-electron chi connectivity index (χ2n) is 2.54. The van der Waals surface area contributed by atoms with Gasteiger partial charge in [-0.05, 0) is 11.6 Å². The summed E-state index contributed by atoms with van der Waals surface area (Å²) in [4.78, 5) is 0. The van der Waals surface area contributed by atoms with Crippen molar-refractivity contribution in [1.82, 2.24) is 0 Å². The lowest BCUT2D eigenvalue weighted by molar-refractivity contribution is 0.183. The summed E-state index contributed by atoms with van der Waals surface area (Å²) in [5.41, 5.74) is 6.55. The van der Waals surface area contributed by atoms with Gasteiger partial charge in [0.15, 0.2) is 0 Å². The number of nitriles is 1. The van der Waals surface area contributed by atoms with Crippen molar-refractivity contribution >= 4 is 0 Å². The van der Waals surface area contributed by atoms with Gasteiger partial charge in [-0.1, -0.05) is 18.2 Å². The zero-order valence-electron chi connectivity index (χ0n) is 6.57. The Balaban J connectivity index is 2.91. The molecule has 0 aromatic heterocycles. The first kappa shape index (κ1) is 8.72. The fourth-order valence-electron chi connectivity index (χ4n) is 1.03. The Bertz CT molecular complexity index is 302. The van der Waals surface area contributed by atoms with E-state index >= 15 is 0 Å². The summed E-state index contributed by atoms with van der Waals surface area (Å²) in [6.07, 6.45) is -0.566. The molecule has 1 rings (SSSR count). The van der Waals surface area contributed by atoms with Gasteiger partial charge in [0, 0.05) is 6.42 Å². The summed E-state index contributed by atoms with van der Waals surface area (Å²) >= 11 is 0. The summed E-state index contributed by atoms with van der Waals surface area (Å²) in [5, 5.41) is 17.6. The molecule has 0 aliphatic carbocycles. The Kier molecular flexibility index (Phi) is 2.81. The van der Waals surface area contributed by atoms with E-state index in [1.807, 2.05) is 12.1 Å². The highest BCUT2D eigenvalue weighted by molar-refractivity contribution is 5.37.